The Morgan fingerprint density at radius 1 is 0.421 bits per heavy atom. The van der Waals surface area contributed by atoms with Gasteiger partial charge in [-0.3, -0.25) is 4.90 Å². The molecule has 0 amide bonds. The zero-order valence-corrected chi connectivity index (χ0v) is 56.7. The van der Waals surface area contributed by atoms with Gasteiger partial charge in [0.2, 0.25) is 0 Å². The van der Waals surface area contributed by atoms with Crippen molar-refractivity contribution < 1.29 is 237 Å². The minimum atomic E-state index is -5.36. The average Bonchev–Trinajstić information content (AvgIpc) is 1.53. The van der Waals surface area contributed by atoms with Gasteiger partial charge in [-0.2, -0.15) is 26.3 Å². The molecular formula is C58H50F27N2O16S3Yb. The molecule has 1 aliphatic rings. The molecule has 6 aromatic rings. The fourth-order valence-corrected chi connectivity index (χ4v) is 8.52. The van der Waals surface area contributed by atoms with Crippen molar-refractivity contribution in [2.45, 2.75) is 86.7 Å². The number of rotatable bonds is 19. The number of hydrogen-bond acceptors (Lipinski definition) is 18. The van der Waals surface area contributed by atoms with Gasteiger partial charge in [-0.15, -0.1) is 90.6 Å². The fourth-order valence-electron chi connectivity index (χ4n) is 8.52. The van der Waals surface area contributed by atoms with Gasteiger partial charge in [0, 0.05) is 37.0 Å². The van der Waals surface area contributed by atoms with E-state index in [1.807, 2.05) is 0 Å². The minimum Gasteiger partial charge on any atom is -0.406 e. The van der Waals surface area contributed by atoms with Crippen LogP contribution in [0.5, 0.6) is 23.0 Å². The SMILES string of the molecule is C[C@@H]1CO1.F[C-](F)F.F[C-](F)F.F[C-](F)F.NCC(Cc1ccccc1)(c1cccc(OC(F)(F)F)c1)c1cccc(OC(F)(F)F)c1.O=S(=O)=O.O=S(=O)=O.O=S(=O)=O.O[C@H](CN(C[C@H](O)C(F)(F)F)CC(Cc1ccccc1)(c1cccc(OC(F)(F)F)c1)c1cccc(OC(F)(F)F)c1)C(F)(F)F.[Yb+3]. The van der Waals surface area contributed by atoms with Gasteiger partial charge in [-0.25, -0.2) is 0 Å². The van der Waals surface area contributed by atoms with E-state index in [1.54, 1.807) is 48.5 Å². The van der Waals surface area contributed by atoms with E-state index in [0.29, 0.717) is 27.7 Å². The van der Waals surface area contributed by atoms with Crippen LogP contribution in [0.1, 0.15) is 40.3 Å². The molecule has 1 radical (unpaired) electrons. The Kier molecular flexibility index (Phi) is 47.7. The number of aliphatic hydroxyl groups excluding tert-OH is 2. The van der Waals surface area contributed by atoms with Gasteiger partial charge in [0.05, 0.1) is 12.7 Å². The molecule has 0 bridgehead atoms. The molecule has 609 valence electrons. The summed E-state index contributed by atoms with van der Waals surface area (Å²) in [5.74, 6) is -2.63. The summed E-state index contributed by atoms with van der Waals surface area (Å²) in [6, 6.07) is 34.6. The van der Waals surface area contributed by atoms with Crippen LogP contribution in [0.2, 0.25) is 0 Å². The molecule has 49 heteroatoms. The Balaban J connectivity index is -0.00000151. The number of epoxide rings is 1. The molecule has 1 aliphatic heterocycles. The van der Waals surface area contributed by atoms with E-state index < -0.39 is 162 Å². The number of aliphatic hydroxyl groups is 2. The van der Waals surface area contributed by atoms with Crippen molar-refractivity contribution >= 4 is 31.8 Å². The molecule has 0 saturated carbocycles. The molecular weight excluding hydrogens is 1760 g/mol. The van der Waals surface area contributed by atoms with E-state index >= 15 is 0 Å². The number of hydrogen-bond donors (Lipinski definition) is 3. The van der Waals surface area contributed by atoms with E-state index in [4.69, 9.17) is 48.4 Å². The fraction of sp³-hybridized carbons (Fsp3) is 0.328. The molecule has 107 heavy (non-hydrogen) atoms. The van der Waals surface area contributed by atoms with E-state index in [0.717, 1.165) is 72.8 Å². The van der Waals surface area contributed by atoms with Gasteiger partial charge in [-0.05, 0) is 102 Å². The number of ether oxygens (including phenoxy) is 5. The predicted molar refractivity (Wildman–Crippen MR) is 308 cm³/mol. The first-order valence-corrected chi connectivity index (χ1v) is 30.2. The van der Waals surface area contributed by atoms with Crippen LogP contribution in [0.4, 0.5) is 119 Å². The van der Waals surface area contributed by atoms with Gasteiger partial charge in [0.1, 0.15) is 23.0 Å². The maximum atomic E-state index is 13.4. The summed E-state index contributed by atoms with van der Waals surface area (Å²) in [6.07, 6.45) is -37.1. The Morgan fingerprint density at radius 3 is 0.813 bits per heavy atom. The maximum absolute atomic E-state index is 13.4. The zero-order chi connectivity index (χ0) is 82.4. The first-order valence-electron chi connectivity index (χ1n) is 27.2. The first kappa shape index (κ1) is 104. The van der Waals surface area contributed by atoms with Crippen molar-refractivity contribution in [3.8, 4) is 23.0 Å². The zero-order valence-electron chi connectivity index (χ0n) is 52.5. The third-order valence-electron chi connectivity index (χ3n) is 12.1. The number of alkyl halides is 18. The standard InChI is InChI=1S/C29H25F12NO4.C23H19F6NO2.C3H6O.3CF3.3O3S.Yb/c30-26(31,32)23(43)15-42(16-24(44)27(33,34)35)17-25(14-18-6-2-1-3-7-18,19-8-4-10-21(12-19)45-28(36,37)38)20-9-5-11-22(13-20)46-29(39,40)41;24-22(25,26)31-19-10-4-8-17(12-19)21(15-30,14-16-6-2-1-3-7-16)18-9-5-11-20(13-18)32-23(27,28)29;1-3-2-4-3;3*2-1(3)4;3*1-4(2)3;/h1-13,23-24,43-44H,14-17H2;1-13H,14-15,30H2;3H,2H2,1H3;;;;;;;/q;;;3*-1;;;;+3/t23-,24+;;3-;;;;;;;/m..1......./s1. The smallest absolute Gasteiger partial charge is 0.406 e. The normalized spacial score (nSPS) is 13.2. The summed E-state index contributed by atoms with van der Waals surface area (Å²) in [4.78, 5) is 0.383. The quantitative estimate of drug-likeness (QED) is 0.0386. The van der Waals surface area contributed by atoms with Crippen LogP contribution in [0.25, 0.3) is 0 Å². The second-order valence-corrected chi connectivity index (χ2v) is 20.9. The van der Waals surface area contributed by atoms with Crippen molar-refractivity contribution in [2.24, 2.45) is 5.73 Å². The maximum Gasteiger partial charge on any atom is 3.00 e. The summed E-state index contributed by atoms with van der Waals surface area (Å²) >= 11 is 0. The van der Waals surface area contributed by atoms with Crippen LogP contribution in [0.15, 0.2) is 158 Å². The van der Waals surface area contributed by atoms with Crippen molar-refractivity contribution in [1.82, 2.24) is 4.90 Å². The van der Waals surface area contributed by atoms with Crippen molar-refractivity contribution in [3.63, 3.8) is 0 Å². The van der Waals surface area contributed by atoms with E-state index in [-0.39, 0.29) is 71.0 Å². The summed E-state index contributed by atoms with van der Waals surface area (Å²) in [5.41, 5.74) is 4.26. The van der Waals surface area contributed by atoms with Crippen LogP contribution in [0, 0.1) is 67.0 Å². The molecule has 0 aromatic heterocycles. The van der Waals surface area contributed by atoms with Crippen LogP contribution in [-0.2, 0) is 60.2 Å². The van der Waals surface area contributed by atoms with Gasteiger partial charge >= 0.3 is 117 Å². The molecule has 0 spiro atoms. The van der Waals surface area contributed by atoms with Crippen molar-refractivity contribution in [2.75, 3.05) is 32.8 Å². The summed E-state index contributed by atoms with van der Waals surface area (Å²) in [5, 5.41) is 19.6. The second-order valence-electron chi connectivity index (χ2n) is 19.7. The third kappa shape index (κ3) is 51.7. The Morgan fingerprint density at radius 2 is 0.626 bits per heavy atom. The van der Waals surface area contributed by atoms with Crippen LogP contribution in [-0.4, -0.2) is 142 Å². The van der Waals surface area contributed by atoms with E-state index in [2.05, 4.69) is 25.9 Å². The van der Waals surface area contributed by atoms with Crippen LogP contribution in [0.3, 0.4) is 0 Å². The van der Waals surface area contributed by atoms with Gasteiger partial charge in [0.25, 0.3) is 0 Å². The summed E-state index contributed by atoms with van der Waals surface area (Å²) < 4.78 is 419. The van der Waals surface area contributed by atoms with Gasteiger partial charge in [-0.1, -0.05) is 109 Å². The largest absolute Gasteiger partial charge is 3.00 e. The molecule has 1 saturated heterocycles. The van der Waals surface area contributed by atoms with E-state index in [1.165, 1.54) is 48.5 Å². The topological polar surface area (TPSA) is 273 Å². The van der Waals surface area contributed by atoms with Gasteiger partial charge < -0.3 is 79.1 Å². The molecule has 1 fully saturated rings. The predicted octanol–water partition coefficient (Wildman–Crippen LogP) is 14.6. The molecule has 0 unspecified atom stereocenters. The monoisotopic (exact) mass is 1810 g/mol. The third-order valence-corrected chi connectivity index (χ3v) is 12.1. The number of halogens is 27. The Bertz CT molecular complexity index is 3600. The molecule has 1 heterocycles. The molecule has 7 rings (SSSR count). The van der Waals surface area contributed by atoms with E-state index in [9.17, 15) is 129 Å². The number of nitrogens with two attached hydrogens (primary N) is 1. The summed E-state index contributed by atoms with van der Waals surface area (Å²) in [6.45, 7) is -10.4. The molecule has 3 atom stereocenters. The van der Waals surface area contributed by atoms with Crippen molar-refractivity contribution in [3.05, 3.63) is 211 Å². The second kappa shape index (κ2) is 49.1. The Hall–Kier alpha value is -7.19. The number of benzene rings is 6. The molecule has 0 aliphatic carbocycles. The average molecular weight is 1810 g/mol. The Labute approximate surface area is 629 Å². The molecule has 18 nitrogen and oxygen atoms in total. The first-order chi connectivity index (χ1) is 48.4. The van der Waals surface area contributed by atoms with Crippen molar-refractivity contribution in [1.29, 1.82) is 0 Å². The number of nitrogens with zero attached hydrogens (tertiary/aromatic N) is 1. The molecule has 4 N–H and O–H groups in total. The minimum absolute atomic E-state index is 0. The van der Waals surface area contributed by atoms with Gasteiger partial charge in [0.15, 0.2) is 32.2 Å². The van der Waals surface area contributed by atoms with Crippen LogP contribution < -0.4 is 24.7 Å². The molecule has 6 aromatic carbocycles. The summed E-state index contributed by atoms with van der Waals surface area (Å²) in [7, 11) is -9.33. The van der Waals surface area contributed by atoms with Crippen LogP contribution >= 0.6 is 0 Å².